The minimum Gasteiger partial charge on any atom is -0.481 e. The van der Waals surface area contributed by atoms with E-state index in [-0.39, 0.29) is 24.8 Å². The summed E-state index contributed by atoms with van der Waals surface area (Å²) in [4.78, 5) is 17.1. The van der Waals surface area contributed by atoms with Gasteiger partial charge in [-0.3, -0.25) is 14.7 Å². The molecule has 0 radical (unpaired) electrons. The summed E-state index contributed by atoms with van der Waals surface area (Å²) in [5, 5.41) is 8.84. The van der Waals surface area contributed by atoms with Crippen LogP contribution in [-0.4, -0.2) is 40.0 Å². The van der Waals surface area contributed by atoms with Crippen LogP contribution in [0.3, 0.4) is 0 Å². The highest BCUT2D eigenvalue weighted by atomic mass is 19.3. The molecule has 0 aromatic carbocycles. The molecular formula is C18H26F2N2O2. The highest BCUT2D eigenvalue weighted by Crippen LogP contribution is 2.36. The Hall–Kier alpha value is -1.56. The van der Waals surface area contributed by atoms with Crippen molar-refractivity contribution in [2.24, 2.45) is 5.92 Å². The van der Waals surface area contributed by atoms with Gasteiger partial charge in [-0.15, -0.1) is 0 Å². The standard InChI is InChI=1S/C18H26F2N2O2/c1-17(2,3)15-8-13(10-21-11-15)12-22-6-4-14(9-16(23)24)18(19,20)5-7-22/h8,10-11,14H,4-7,9,12H2,1-3H3,(H,23,24). The zero-order chi connectivity index (χ0) is 18.0. The van der Waals surface area contributed by atoms with Crippen molar-refractivity contribution in [1.82, 2.24) is 9.88 Å². The van der Waals surface area contributed by atoms with E-state index in [0.717, 1.165) is 11.1 Å². The van der Waals surface area contributed by atoms with Crippen LogP contribution in [0, 0.1) is 5.92 Å². The molecular weight excluding hydrogens is 314 g/mol. The first-order chi connectivity index (χ1) is 11.1. The number of likely N-dealkylation sites (tertiary alicyclic amines) is 1. The number of rotatable bonds is 4. The Morgan fingerprint density at radius 2 is 2.08 bits per heavy atom. The summed E-state index contributed by atoms with van der Waals surface area (Å²) in [6, 6.07) is 2.07. The normalized spacial score (nSPS) is 22.1. The maximum Gasteiger partial charge on any atom is 0.303 e. The predicted molar refractivity (Wildman–Crippen MR) is 88.1 cm³/mol. The molecule has 0 spiro atoms. The molecule has 0 aliphatic carbocycles. The van der Waals surface area contributed by atoms with Crippen molar-refractivity contribution in [3.05, 3.63) is 29.6 Å². The topological polar surface area (TPSA) is 53.4 Å². The maximum atomic E-state index is 14.1. The van der Waals surface area contributed by atoms with Crippen LogP contribution in [0.4, 0.5) is 8.78 Å². The lowest BCUT2D eigenvalue weighted by Gasteiger charge is -2.22. The van der Waals surface area contributed by atoms with E-state index in [0.29, 0.717) is 13.1 Å². The molecule has 1 N–H and O–H groups in total. The van der Waals surface area contributed by atoms with Gasteiger partial charge in [0.2, 0.25) is 0 Å². The molecule has 1 aliphatic heterocycles. The zero-order valence-corrected chi connectivity index (χ0v) is 14.6. The van der Waals surface area contributed by atoms with Gasteiger partial charge in [0.15, 0.2) is 0 Å². The Morgan fingerprint density at radius 3 is 2.71 bits per heavy atom. The van der Waals surface area contributed by atoms with E-state index < -0.39 is 24.2 Å². The Bertz CT molecular complexity index is 585. The first-order valence-corrected chi connectivity index (χ1v) is 8.34. The number of halogens is 2. The van der Waals surface area contributed by atoms with E-state index in [4.69, 9.17) is 5.11 Å². The van der Waals surface area contributed by atoms with Crippen molar-refractivity contribution < 1.29 is 18.7 Å². The molecule has 4 nitrogen and oxygen atoms in total. The van der Waals surface area contributed by atoms with E-state index in [1.807, 2.05) is 11.1 Å². The molecule has 1 unspecified atom stereocenters. The SMILES string of the molecule is CC(C)(C)c1cncc(CN2CCC(CC(=O)O)C(F)(F)CC2)c1. The summed E-state index contributed by atoms with van der Waals surface area (Å²) in [7, 11) is 0. The summed E-state index contributed by atoms with van der Waals surface area (Å²) in [5.74, 6) is -5.16. The molecule has 1 aliphatic rings. The van der Waals surface area contributed by atoms with Gasteiger partial charge in [0, 0.05) is 37.8 Å². The van der Waals surface area contributed by atoms with Crippen LogP contribution in [0.15, 0.2) is 18.5 Å². The number of hydrogen-bond donors (Lipinski definition) is 1. The third-order valence-corrected chi connectivity index (χ3v) is 4.64. The number of carboxylic acid groups (broad SMARTS) is 1. The highest BCUT2D eigenvalue weighted by molar-refractivity contribution is 5.67. The Kier molecular flexibility index (Phi) is 5.58. The van der Waals surface area contributed by atoms with Crippen LogP contribution in [0.2, 0.25) is 0 Å². The fourth-order valence-electron chi connectivity index (χ4n) is 3.04. The first kappa shape index (κ1) is 18.8. The maximum absolute atomic E-state index is 14.1. The number of carboxylic acids is 1. The van der Waals surface area contributed by atoms with Gasteiger partial charge >= 0.3 is 5.97 Å². The van der Waals surface area contributed by atoms with Gasteiger partial charge < -0.3 is 5.11 Å². The molecule has 24 heavy (non-hydrogen) atoms. The van der Waals surface area contributed by atoms with Crippen molar-refractivity contribution in [2.45, 2.75) is 57.9 Å². The van der Waals surface area contributed by atoms with E-state index in [9.17, 15) is 13.6 Å². The Balaban J connectivity index is 2.05. The van der Waals surface area contributed by atoms with Crippen LogP contribution in [0.5, 0.6) is 0 Å². The lowest BCUT2D eigenvalue weighted by molar-refractivity contribution is -0.143. The van der Waals surface area contributed by atoms with Gasteiger partial charge in [-0.05, 0) is 29.5 Å². The third kappa shape index (κ3) is 4.97. The molecule has 1 atom stereocenters. The zero-order valence-electron chi connectivity index (χ0n) is 14.6. The monoisotopic (exact) mass is 340 g/mol. The van der Waals surface area contributed by atoms with Gasteiger partial charge in [0.05, 0.1) is 6.42 Å². The summed E-state index contributed by atoms with van der Waals surface area (Å²) in [6.07, 6.45) is 3.04. The van der Waals surface area contributed by atoms with Crippen molar-refractivity contribution >= 4 is 5.97 Å². The van der Waals surface area contributed by atoms with Gasteiger partial charge in [-0.2, -0.15) is 0 Å². The van der Waals surface area contributed by atoms with E-state index in [2.05, 4.69) is 31.8 Å². The number of hydrogen-bond acceptors (Lipinski definition) is 3. The van der Waals surface area contributed by atoms with Gasteiger partial charge in [0.1, 0.15) is 0 Å². The first-order valence-electron chi connectivity index (χ1n) is 8.34. The highest BCUT2D eigenvalue weighted by Gasteiger charge is 2.42. The van der Waals surface area contributed by atoms with E-state index >= 15 is 0 Å². The minimum absolute atomic E-state index is 0.0125. The average Bonchev–Trinajstić information content (AvgIpc) is 2.59. The van der Waals surface area contributed by atoms with Crippen molar-refractivity contribution in [1.29, 1.82) is 0 Å². The lowest BCUT2D eigenvalue weighted by atomic mass is 9.87. The van der Waals surface area contributed by atoms with Crippen molar-refractivity contribution in [2.75, 3.05) is 13.1 Å². The Labute approximate surface area is 141 Å². The number of alkyl halides is 2. The fourth-order valence-corrected chi connectivity index (χ4v) is 3.04. The predicted octanol–water partition coefficient (Wildman–Crippen LogP) is 3.70. The average molecular weight is 340 g/mol. The molecule has 1 saturated heterocycles. The smallest absolute Gasteiger partial charge is 0.303 e. The third-order valence-electron chi connectivity index (χ3n) is 4.64. The molecule has 6 heteroatoms. The summed E-state index contributed by atoms with van der Waals surface area (Å²) in [6.45, 7) is 7.63. The van der Waals surface area contributed by atoms with Gasteiger partial charge in [-0.25, -0.2) is 8.78 Å². The summed E-state index contributed by atoms with van der Waals surface area (Å²) in [5.41, 5.74) is 2.10. The molecule has 0 saturated carbocycles. The molecule has 2 heterocycles. The van der Waals surface area contributed by atoms with Crippen LogP contribution in [0.1, 0.15) is 51.2 Å². The van der Waals surface area contributed by atoms with Crippen molar-refractivity contribution in [3.63, 3.8) is 0 Å². The van der Waals surface area contributed by atoms with Crippen LogP contribution in [0.25, 0.3) is 0 Å². The summed E-state index contributed by atoms with van der Waals surface area (Å²) < 4.78 is 28.2. The quantitative estimate of drug-likeness (QED) is 0.908. The molecule has 0 amide bonds. The van der Waals surface area contributed by atoms with E-state index in [1.165, 1.54) is 0 Å². The van der Waals surface area contributed by atoms with Crippen LogP contribution < -0.4 is 0 Å². The largest absolute Gasteiger partial charge is 0.481 e. The molecule has 1 fully saturated rings. The lowest BCUT2D eigenvalue weighted by Crippen LogP contribution is -2.30. The molecule has 0 bridgehead atoms. The molecule has 1 aromatic rings. The van der Waals surface area contributed by atoms with Crippen molar-refractivity contribution in [3.8, 4) is 0 Å². The number of carbonyl (C=O) groups is 1. The van der Waals surface area contributed by atoms with Gasteiger partial charge in [0.25, 0.3) is 5.92 Å². The van der Waals surface area contributed by atoms with Crippen LogP contribution >= 0.6 is 0 Å². The number of aliphatic carboxylic acids is 1. The summed E-state index contributed by atoms with van der Waals surface area (Å²) >= 11 is 0. The second kappa shape index (κ2) is 7.13. The number of nitrogens with zero attached hydrogens (tertiary/aromatic N) is 2. The Morgan fingerprint density at radius 1 is 1.38 bits per heavy atom. The minimum atomic E-state index is -2.92. The van der Waals surface area contributed by atoms with Gasteiger partial charge in [-0.1, -0.05) is 26.8 Å². The molecule has 134 valence electrons. The number of pyridine rings is 1. The fraction of sp³-hybridized carbons (Fsp3) is 0.667. The second-order valence-corrected chi connectivity index (χ2v) is 7.70. The van der Waals surface area contributed by atoms with Crippen LogP contribution in [-0.2, 0) is 16.8 Å². The molecule has 1 aromatic heterocycles. The number of aromatic nitrogens is 1. The second-order valence-electron chi connectivity index (χ2n) is 7.70. The van der Waals surface area contributed by atoms with E-state index in [1.54, 1.807) is 6.20 Å². The molecule has 2 rings (SSSR count).